The molecular formula is C21H21N3. The molecule has 0 saturated heterocycles. The lowest BCUT2D eigenvalue weighted by Gasteiger charge is -2.20. The van der Waals surface area contributed by atoms with Gasteiger partial charge < -0.3 is 14.8 Å². The molecule has 4 rings (SSSR count). The minimum atomic E-state index is 0.845. The Kier molecular flexibility index (Phi) is 3.24. The summed E-state index contributed by atoms with van der Waals surface area (Å²) in [5.41, 5.74) is 7.94. The first-order chi connectivity index (χ1) is 11.5. The van der Waals surface area contributed by atoms with Crippen LogP contribution in [0.25, 0.3) is 16.6 Å². The molecule has 0 bridgehead atoms. The molecule has 0 spiro atoms. The highest BCUT2D eigenvalue weighted by Crippen LogP contribution is 2.40. The summed E-state index contributed by atoms with van der Waals surface area (Å²) in [5, 5.41) is 4.60. The fraction of sp³-hybridized carbons (Fsp3) is 0.143. The third-order valence-corrected chi connectivity index (χ3v) is 4.62. The highest BCUT2D eigenvalue weighted by Gasteiger charge is 2.26. The number of aryl methyl sites for hydroxylation is 1. The van der Waals surface area contributed by atoms with E-state index in [1.165, 1.54) is 27.7 Å². The zero-order chi connectivity index (χ0) is 16.8. The number of benzene rings is 2. The van der Waals surface area contributed by atoms with E-state index in [0.29, 0.717) is 0 Å². The zero-order valence-electron chi connectivity index (χ0n) is 14.1. The number of hydrogen-bond donors (Lipinski definition) is 1. The fourth-order valence-electron chi connectivity index (χ4n) is 3.49. The Morgan fingerprint density at radius 1 is 1.17 bits per heavy atom. The van der Waals surface area contributed by atoms with Crippen molar-refractivity contribution in [3.05, 3.63) is 78.6 Å². The quantitative estimate of drug-likeness (QED) is 0.724. The number of aromatic nitrogens is 1. The molecule has 1 aliphatic heterocycles. The van der Waals surface area contributed by atoms with E-state index in [-0.39, 0.29) is 0 Å². The Morgan fingerprint density at radius 2 is 2.00 bits per heavy atom. The SMILES string of the molecule is C=C(C)Nc1cccc2c1C(=C)N(c1ccc3c(ccn3C)c1)C2. The molecule has 2 heterocycles. The Bertz CT molecular complexity index is 978. The standard InChI is InChI=1S/C21H21N3/c1-14(2)22-19-7-5-6-17-13-24(15(3)21(17)19)18-8-9-20-16(12-18)10-11-23(20)4/h5-12,22H,1,3,13H2,2,4H3. The molecule has 3 nitrogen and oxygen atoms in total. The van der Waals surface area contributed by atoms with Gasteiger partial charge in [0.1, 0.15) is 0 Å². The largest absolute Gasteiger partial charge is 0.359 e. The summed E-state index contributed by atoms with van der Waals surface area (Å²) in [4.78, 5) is 2.28. The van der Waals surface area contributed by atoms with Crippen LogP contribution in [0.4, 0.5) is 11.4 Å². The van der Waals surface area contributed by atoms with E-state index < -0.39 is 0 Å². The number of hydrogen-bond acceptors (Lipinski definition) is 2. The van der Waals surface area contributed by atoms with E-state index in [9.17, 15) is 0 Å². The van der Waals surface area contributed by atoms with Crippen molar-refractivity contribution in [2.24, 2.45) is 7.05 Å². The molecule has 120 valence electrons. The van der Waals surface area contributed by atoms with E-state index in [1.807, 2.05) is 6.92 Å². The van der Waals surface area contributed by atoms with Crippen LogP contribution in [0.15, 0.2) is 67.5 Å². The number of allylic oxidation sites excluding steroid dienone is 1. The lowest BCUT2D eigenvalue weighted by Crippen LogP contribution is -2.13. The molecule has 0 aliphatic carbocycles. The van der Waals surface area contributed by atoms with Gasteiger partial charge in [0.15, 0.2) is 0 Å². The number of nitrogens with zero attached hydrogens (tertiary/aromatic N) is 2. The number of fused-ring (bicyclic) bond motifs is 2. The van der Waals surface area contributed by atoms with Crippen molar-refractivity contribution in [1.29, 1.82) is 0 Å². The minimum absolute atomic E-state index is 0.845. The molecule has 0 unspecified atom stereocenters. The molecule has 2 aromatic carbocycles. The molecule has 3 heteroatoms. The van der Waals surface area contributed by atoms with Gasteiger partial charge in [-0.1, -0.05) is 25.3 Å². The summed E-state index contributed by atoms with van der Waals surface area (Å²) in [5.74, 6) is 0. The minimum Gasteiger partial charge on any atom is -0.359 e. The smallest absolute Gasteiger partial charge is 0.0489 e. The molecule has 0 atom stereocenters. The summed E-state index contributed by atoms with van der Waals surface area (Å²) in [7, 11) is 2.07. The average Bonchev–Trinajstić information content (AvgIpc) is 3.08. The highest BCUT2D eigenvalue weighted by atomic mass is 15.2. The normalized spacial score (nSPS) is 13.4. The Labute approximate surface area is 142 Å². The fourth-order valence-corrected chi connectivity index (χ4v) is 3.49. The van der Waals surface area contributed by atoms with Crippen LogP contribution in [0.5, 0.6) is 0 Å². The molecule has 3 aromatic rings. The van der Waals surface area contributed by atoms with Crippen LogP contribution < -0.4 is 10.2 Å². The second-order valence-electron chi connectivity index (χ2n) is 6.45. The number of nitrogens with one attached hydrogen (secondary N) is 1. The third kappa shape index (κ3) is 2.21. The molecule has 0 amide bonds. The van der Waals surface area contributed by atoms with Crippen LogP contribution in [0.2, 0.25) is 0 Å². The highest BCUT2D eigenvalue weighted by molar-refractivity contribution is 5.93. The van der Waals surface area contributed by atoms with Crippen molar-refractivity contribution in [1.82, 2.24) is 4.57 Å². The molecule has 0 fully saturated rings. The van der Waals surface area contributed by atoms with Crippen LogP contribution in [0.3, 0.4) is 0 Å². The molecule has 1 N–H and O–H groups in total. The van der Waals surface area contributed by atoms with Crippen molar-refractivity contribution in [2.45, 2.75) is 13.5 Å². The summed E-state index contributed by atoms with van der Waals surface area (Å²) >= 11 is 0. The van der Waals surface area contributed by atoms with Crippen LogP contribution >= 0.6 is 0 Å². The lowest BCUT2D eigenvalue weighted by atomic mass is 10.1. The van der Waals surface area contributed by atoms with Gasteiger partial charge in [0, 0.05) is 59.0 Å². The Balaban J connectivity index is 1.75. The second kappa shape index (κ2) is 5.31. The van der Waals surface area contributed by atoms with E-state index in [4.69, 9.17) is 0 Å². The molecular weight excluding hydrogens is 294 g/mol. The van der Waals surface area contributed by atoms with Gasteiger partial charge in [-0.3, -0.25) is 0 Å². The van der Waals surface area contributed by atoms with Gasteiger partial charge in [0.2, 0.25) is 0 Å². The topological polar surface area (TPSA) is 20.2 Å². The Morgan fingerprint density at radius 3 is 2.79 bits per heavy atom. The van der Waals surface area contributed by atoms with E-state index in [1.54, 1.807) is 0 Å². The van der Waals surface area contributed by atoms with Crippen LogP contribution in [0.1, 0.15) is 18.1 Å². The van der Waals surface area contributed by atoms with Crippen molar-refractivity contribution in [3.63, 3.8) is 0 Å². The first-order valence-corrected chi connectivity index (χ1v) is 8.11. The molecule has 1 aromatic heterocycles. The average molecular weight is 315 g/mol. The zero-order valence-corrected chi connectivity index (χ0v) is 14.1. The maximum absolute atomic E-state index is 4.36. The second-order valence-corrected chi connectivity index (χ2v) is 6.45. The van der Waals surface area contributed by atoms with Gasteiger partial charge >= 0.3 is 0 Å². The van der Waals surface area contributed by atoms with Gasteiger partial charge in [-0.25, -0.2) is 0 Å². The van der Waals surface area contributed by atoms with Crippen LogP contribution in [-0.4, -0.2) is 4.57 Å². The van der Waals surface area contributed by atoms with Gasteiger partial charge in [-0.05, 0) is 42.8 Å². The van der Waals surface area contributed by atoms with Crippen molar-refractivity contribution < 1.29 is 0 Å². The number of rotatable bonds is 3. The monoisotopic (exact) mass is 315 g/mol. The van der Waals surface area contributed by atoms with E-state index in [2.05, 4.69) is 83.7 Å². The molecule has 24 heavy (non-hydrogen) atoms. The van der Waals surface area contributed by atoms with Gasteiger partial charge in [-0.15, -0.1) is 0 Å². The van der Waals surface area contributed by atoms with Crippen molar-refractivity contribution >= 4 is 28.0 Å². The van der Waals surface area contributed by atoms with Crippen molar-refractivity contribution in [2.75, 3.05) is 10.2 Å². The third-order valence-electron chi connectivity index (χ3n) is 4.62. The summed E-state index contributed by atoms with van der Waals surface area (Å²) in [6.45, 7) is 11.1. The Hall–Kier alpha value is -2.94. The van der Waals surface area contributed by atoms with Crippen molar-refractivity contribution in [3.8, 4) is 0 Å². The lowest BCUT2D eigenvalue weighted by molar-refractivity contribution is 0.968. The molecule has 0 radical (unpaired) electrons. The number of anilines is 2. The predicted molar refractivity (Wildman–Crippen MR) is 103 cm³/mol. The van der Waals surface area contributed by atoms with E-state index >= 15 is 0 Å². The first-order valence-electron chi connectivity index (χ1n) is 8.11. The summed E-state index contributed by atoms with van der Waals surface area (Å²) in [6.07, 6.45) is 2.09. The summed E-state index contributed by atoms with van der Waals surface area (Å²) in [6, 6.07) is 15.1. The maximum atomic E-state index is 4.36. The molecule has 1 aliphatic rings. The van der Waals surface area contributed by atoms with Crippen LogP contribution in [-0.2, 0) is 13.6 Å². The maximum Gasteiger partial charge on any atom is 0.0489 e. The summed E-state index contributed by atoms with van der Waals surface area (Å²) < 4.78 is 2.14. The first kappa shape index (κ1) is 14.6. The van der Waals surface area contributed by atoms with E-state index in [0.717, 1.165) is 23.6 Å². The van der Waals surface area contributed by atoms with Gasteiger partial charge in [0.25, 0.3) is 0 Å². The molecule has 0 saturated carbocycles. The van der Waals surface area contributed by atoms with Gasteiger partial charge in [-0.2, -0.15) is 0 Å². The van der Waals surface area contributed by atoms with Crippen LogP contribution in [0, 0.1) is 0 Å². The van der Waals surface area contributed by atoms with Gasteiger partial charge in [0.05, 0.1) is 0 Å². The predicted octanol–water partition coefficient (Wildman–Crippen LogP) is 5.11.